The summed E-state index contributed by atoms with van der Waals surface area (Å²) in [6.45, 7) is 0. The quantitative estimate of drug-likeness (QED) is 0.451. The van der Waals surface area contributed by atoms with Crippen LogP contribution < -0.4 is 10.9 Å². The number of aromatic hydroxyl groups is 1. The van der Waals surface area contributed by atoms with E-state index in [0.29, 0.717) is 23.7 Å². The number of aromatic nitrogens is 1. The number of para-hydroxylation sites is 2. The first-order valence-electron chi connectivity index (χ1n) is 11.1. The van der Waals surface area contributed by atoms with Crippen LogP contribution in [0.15, 0.2) is 92.0 Å². The topological polar surface area (TPSA) is 113 Å². The molecule has 2 heterocycles. The third kappa shape index (κ3) is 3.52. The highest BCUT2D eigenvalue weighted by Gasteiger charge is 2.30. The number of hydrogen-bond donors (Lipinski definition) is 2. The van der Waals surface area contributed by atoms with Crippen LogP contribution in [0, 0.1) is 0 Å². The van der Waals surface area contributed by atoms with E-state index in [4.69, 9.17) is 5.10 Å². The summed E-state index contributed by atoms with van der Waals surface area (Å²) in [6, 6.07) is 21.3. The van der Waals surface area contributed by atoms with E-state index in [-0.39, 0.29) is 27.7 Å². The van der Waals surface area contributed by atoms with Crippen LogP contribution in [0.3, 0.4) is 0 Å². The molecule has 4 aromatic rings. The Balaban J connectivity index is 1.56. The van der Waals surface area contributed by atoms with Crippen molar-refractivity contribution in [2.45, 2.75) is 24.2 Å². The minimum Gasteiger partial charge on any atom is -0.506 e. The molecule has 0 atom stereocenters. The van der Waals surface area contributed by atoms with E-state index in [2.05, 4.69) is 21.8 Å². The normalized spacial score (nSPS) is 17.4. The van der Waals surface area contributed by atoms with Crippen molar-refractivity contribution in [1.29, 1.82) is 0 Å². The van der Waals surface area contributed by atoms with Gasteiger partial charge in [-0.05, 0) is 48.2 Å². The second-order valence-corrected chi connectivity index (χ2v) is 10.1. The summed E-state index contributed by atoms with van der Waals surface area (Å²) in [7, 11) is -4.07. The summed E-state index contributed by atoms with van der Waals surface area (Å²) < 4.78 is 30.7. The Bertz CT molecular complexity index is 1750. The molecule has 3 aromatic carbocycles. The number of benzene rings is 3. The van der Waals surface area contributed by atoms with E-state index in [1.807, 2.05) is 12.1 Å². The van der Waals surface area contributed by atoms with Crippen LogP contribution in [0.1, 0.15) is 23.1 Å². The van der Waals surface area contributed by atoms with Crippen LogP contribution in [0.25, 0.3) is 10.9 Å². The molecule has 0 fully saturated rings. The SMILES string of the molecule is O=c1c(C2=NS(=O)(=O)c3ccccc3N2)c(O)c2ccccc2n1/N=C1\CCc2ccccc2C1. The zero-order chi connectivity index (χ0) is 24.2. The maximum atomic E-state index is 13.7. The molecule has 0 bridgehead atoms. The Labute approximate surface area is 200 Å². The maximum Gasteiger partial charge on any atom is 0.286 e. The molecule has 1 aliphatic heterocycles. The molecule has 6 rings (SSSR count). The number of sulfonamides is 1. The molecule has 35 heavy (non-hydrogen) atoms. The van der Waals surface area contributed by atoms with Gasteiger partial charge in [0.25, 0.3) is 15.6 Å². The highest BCUT2D eigenvalue weighted by Crippen LogP contribution is 2.32. The molecule has 174 valence electrons. The van der Waals surface area contributed by atoms with Gasteiger partial charge in [-0.25, -0.2) is 0 Å². The van der Waals surface area contributed by atoms with Crippen LogP contribution in [-0.4, -0.2) is 29.7 Å². The van der Waals surface area contributed by atoms with Gasteiger partial charge in [0.2, 0.25) is 0 Å². The number of rotatable bonds is 2. The largest absolute Gasteiger partial charge is 0.506 e. The molecule has 0 saturated carbocycles. The van der Waals surface area contributed by atoms with Crippen LogP contribution >= 0.6 is 0 Å². The van der Waals surface area contributed by atoms with Gasteiger partial charge in [-0.3, -0.25) is 4.79 Å². The Morgan fingerprint density at radius 3 is 2.49 bits per heavy atom. The lowest BCUT2D eigenvalue weighted by molar-refractivity contribution is 0.478. The molecule has 0 radical (unpaired) electrons. The third-order valence-corrected chi connectivity index (χ3v) is 7.67. The molecule has 2 aliphatic rings. The first-order chi connectivity index (χ1) is 16.9. The standard InChI is InChI=1S/C26H20N4O4S/c31-24-19-9-3-5-11-21(19)30(28-18-14-13-16-7-1-2-8-17(16)15-18)26(32)23(24)25-27-20-10-4-6-12-22(20)35(33,34)29-25/h1-12,31H,13-15H2,(H,27,29)/b28-18+. The number of hydrogen-bond acceptors (Lipinski definition) is 6. The number of fused-ring (bicyclic) bond motifs is 3. The summed E-state index contributed by atoms with van der Waals surface area (Å²) in [4.78, 5) is 13.7. The van der Waals surface area contributed by atoms with Crippen LogP contribution in [0.4, 0.5) is 5.69 Å². The Morgan fingerprint density at radius 1 is 0.914 bits per heavy atom. The molecule has 0 amide bonds. The molecular formula is C26H20N4O4S. The van der Waals surface area contributed by atoms with Gasteiger partial charge in [-0.2, -0.15) is 18.2 Å². The van der Waals surface area contributed by atoms with Crippen LogP contribution in [0.2, 0.25) is 0 Å². The van der Waals surface area contributed by atoms with Gasteiger partial charge < -0.3 is 10.4 Å². The Morgan fingerprint density at radius 2 is 1.63 bits per heavy atom. The third-order valence-electron chi connectivity index (χ3n) is 6.33. The van der Waals surface area contributed by atoms with E-state index in [0.717, 1.165) is 17.7 Å². The predicted molar refractivity (Wildman–Crippen MR) is 135 cm³/mol. The zero-order valence-corrected chi connectivity index (χ0v) is 19.3. The average Bonchev–Trinajstić information content (AvgIpc) is 2.86. The fourth-order valence-electron chi connectivity index (χ4n) is 4.63. The number of anilines is 1. The minimum absolute atomic E-state index is 0.00506. The number of amidine groups is 1. The predicted octanol–water partition coefficient (Wildman–Crippen LogP) is 3.66. The first-order valence-corrected chi connectivity index (χ1v) is 12.6. The smallest absolute Gasteiger partial charge is 0.286 e. The van der Waals surface area contributed by atoms with Crippen LogP contribution in [-0.2, 0) is 22.9 Å². The van der Waals surface area contributed by atoms with E-state index in [1.165, 1.54) is 16.3 Å². The van der Waals surface area contributed by atoms with E-state index in [1.54, 1.807) is 42.5 Å². The Hall–Kier alpha value is -4.24. The fraction of sp³-hybridized carbons (Fsp3) is 0.115. The molecule has 0 spiro atoms. The average molecular weight is 485 g/mol. The highest BCUT2D eigenvalue weighted by molar-refractivity contribution is 7.90. The lowest BCUT2D eigenvalue weighted by Gasteiger charge is -2.20. The van der Waals surface area contributed by atoms with Crippen molar-refractivity contribution in [2.75, 3.05) is 5.32 Å². The van der Waals surface area contributed by atoms with Crippen molar-refractivity contribution >= 4 is 38.2 Å². The van der Waals surface area contributed by atoms with Crippen molar-refractivity contribution in [1.82, 2.24) is 4.68 Å². The fourth-order valence-corrected chi connectivity index (χ4v) is 5.76. The second-order valence-electron chi connectivity index (χ2n) is 8.51. The van der Waals surface area contributed by atoms with E-state index in [9.17, 15) is 18.3 Å². The maximum absolute atomic E-state index is 13.7. The van der Waals surface area contributed by atoms with E-state index < -0.39 is 15.6 Å². The lowest BCUT2D eigenvalue weighted by atomic mass is 9.90. The zero-order valence-electron chi connectivity index (χ0n) is 18.5. The van der Waals surface area contributed by atoms with Gasteiger partial charge in [0, 0.05) is 17.5 Å². The molecule has 0 unspecified atom stereocenters. The molecule has 1 aromatic heterocycles. The van der Waals surface area contributed by atoms with Gasteiger partial charge in [-0.15, -0.1) is 4.40 Å². The molecule has 8 nitrogen and oxygen atoms in total. The monoisotopic (exact) mass is 484 g/mol. The van der Waals surface area contributed by atoms with Gasteiger partial charge >= 0.3 is 0 Å². The second kappa shape index (κ2) is 7.92. The van der Waals surface area contributed by atoms with Gasteiger partial charge in [-0.1, -0.05) is 48.5 Å². The number of aryl methyl sites for hydroxylation is 1. The number of nitrogens with one attached hydrogen (secondary N) is 1. The summed E-state index contributed by atoms with van der Waals surface area (Å²) >= 11 is 0. The van der Waals surface area contributed by atoms with Gasteiger partial charge in [0.1, 0.15) is 16.2 Å². The molecule has 0 saturated heterocycles. The molecule has 9 heteroatoms. The van der Waals surface area contributed by atoms with Gasteiger partial charge in [0.05, 0.1) is 11.2 Å². The lowest BCUT2D eigenvalue weighted by Crippen LogP contribution is -2.32. The summed E-state index contributed by atoms with van der Waals surface area (Å²) in [5, 5.41) is 19.1. The number of pyridine rings is 1. The number of nitrogens with zero attached hydrogens (tertiary/aromatic N) is 3. The van der Waals surface area contributed by atoms with Crippen molar-refractivity contribution in [2.24, 2.45) is 9.50 Å². The summed E-state index contributed by atoms with van der Waals surface area (Å²) in [5.41, 5.74) is 3.05. The molecule has 1 aliphatic carbocycles. The minimum atomic E-state index is -4.07. The van der Waals surface area contributed by atoms with Crippen LogP contribution in [0.5, 0.6) is 5.75 Å². The first kappa shape index (κ1) is 21.3. The molecular weight excluding hydrogens is 464 g/mol. The summed E-state index contributed by atoms with van der Waals surface area (Å²) in [5.74, 6) is -0.586. The van der Waals surface area contributed by atoms with E-state index >= 15 is 0 Å². The van der Waals surface area contributed by atoms with Crippen molar-refractivity contribution < 1.29 is 13.5 Å². The highest BCUT2D eigenvalue weighted by atomic mass is 32.2. The summed E-state index contributed by atoms with van der Waals surface area (Å²) in [6.07, 6.45) is 2.11. The van der Waals surface area contributed by atoms with Crippen molar-refractivity contribution in [3.8, 4) is 5.75 Å². The Kier molecular flexibility index (Phi) is 4.82. The molecule has 2 N–H and O–H groups in total. The van der Waals surface area contributed by atoms with Crippen molar-refractivity contribution in [3.05, 3.63) is 99.8 Å². The van der Waals surface area contributed by atoms with Gasteiger partial charge in [0.15, 0.2) is 5.84 Å². The van der Waals surface area contributed by atoms with Crippen molar-refractivity contribution in [3.63, 3.8) is 0 Å².